The standard InChI is InChI=1S/C19H19N7/c1-2-5-14(6-3-1)16-11-17(26-19(24-16)22-13-23-26)25-10-4-7-15(12-25)18-20-8-9-21-18/h1-3,5-6,8-9,11,13,15H,4,7,10,12H2,(H,20,21)/t15-/m1/s1. The number of imidazole rings is 1. The molecule has 7 heteroatoms. The first-order valence-corrected chi connectivity index (χ1v) is 8.89. The van der Waals surface area contributed by atoms with Crippen molar-refractivity contribution >= 4 is 11.6 Å². The van der Waals surface area contributed by atoms with Gasteiger partial charge in [0.25, 0.3) is 5.78 Å². The molecule has 1 saturated heterocycles. The summed E-state index contributed by atoms with van der Waals surface area (Å²) in [7, 11) is 0. The van der Waals surface area contributed by atoms with Crippen LogP contribution < -0.4 is 4.90 Å². The second kappa shape index (κ2) is 6.25. The maximum absolute atomic E-state index is 4.67. The summed E-state index contributed by atoms with van der Waals surface area (Å²) in [6.07, 6.45) is 7.54. The van der Waals surface area contributed by atoms with Gasteiger partial charge in [-0.1, -0.05) is 30.3 Å². The van der Waals surface area contributed by atoms with Gasteiger partial charge in [-0.15, -0.1) is 0 Å². The summed E-state index contributed by atoms with van der Waals surface area (Å²) in [6.45, 7) is 1.89. The zero-order chi connectivity index (χ0) is 17.3. The average Bonchev–Trinajstić information content (AvgIpc) is 3.40. The van der Waals surface area contributed by atoms with Gasteiger partial charge >= 0.3 is 0 Å². The van der Waals surface area contributed by atoms with E-state index in [1.54, 1.807) is 6.33 Å². The Kier molecular flexibility index (Phi) is 3.62. The lowest BCUT2D eigenvalue weighted by Crippen LogP contribution is -2.36. The fraction of sp³-hybridized carbons (Fsp3) is 0.263. The number of hydrogen-bond donors (Lipinski definition) is 1. The molecule has 7 nitrogen and oxygen atoms in total. The molecule has 0 spiro atoms. The number of piperidine rings is 1. The molecular weight excluding hydrogens is 326 g/mol. The molecule has 0 radical (unpaired) electrons. The van der Waals surface area contributed by atoms with Crippen molar-refractivity contribution in [3.05, 3.63) is 60.9 Å². The first-order valence-electron chi connectivity index (χ1n) is 8.89. The molecule has 0 aliphatic carbocycles. The third-order valence-electron chi connectivity index (χ3n) is 4.95. The van der Waals surface area contributed by atoms with Crippen LogP contribution in [0.1, 0.15) is 24.6 Å². The summed E-state index contributed by atoms with van der Waals surface area (Å²) in [4.78, 5) is 19.1. The van der Waals surface area contributed by atoms with Gasteiger partial charge in [0.15, 0.2) is 0 Å². The number of aromatic nitrogens is 6. The summed E-state index contributed by atoms with van der Waals surface area (Å²) in [5.41, 5.74) is 2.00. The van der Waals surface area contributed by atoms with E-state index in [2.05, 4.69) is 48.1 Å². The van der Waals surface area contributed by atoms with Crippen LogP contribution in [0.5, 0.6) is 0 Å². The minimum Gasteiger partial charge on any atom is -0.356 e. The van der Waals surface area contributed by atoms with Crippen molar-refractivity contribution < 1.29 is 0 Å². The summed E-state index contributed by atoms with van der Waals surface area (Å²) in [5, 5.41) is 4.39. The molecule has 3 aromatic heterocycles. The number of fused-ring (bicyclic) bond motifs is 1. The van der Waals surface area contributed by atoms with Crippen LogP contribution >= 0.6 is 0 Å². The van der Waals surface area contributed by atoms with Crippen LogP contribution in [-0.4, -0.2) is 42.6 Å². The molecule has 1 atom stereocenters. The number of anilines is 1. The lowest BCUT2D eigenvalue weighted by Gasteiger charge is -2.33. The first kappa shape index (κ1) is 15.1. The van der Waals surface area contributed by atoms with Gasteiger partial charge in [0.05, 0.1) is 5.69 Å². The SMILES string of the molecule is c1ccc(-c2cc(N3CCC[C@@H](c4ncc[nH]4)C3)n3ncnc3n2)cc1. The van der Waals surface area contributed by atoms with Gasteiger partial charge in [-0.3, -0.25) is 0 Å². The highest BCUT2D eigenvalue weighted by Gasteiger charge is 2.25. The van der Waals surface area contributed by atoms with Crippen LogP contribution in [-0.2, 0) is 0 Å². The number of nitrogens with zero attached hydrogens (tertiary/aromatic N) is 6. The Morgan fingerprint density at radius 1 is 1.12 bits per heavy atom. The Hall–Kier alpha value is -3.22. The fourth-order valence-corrected chi connectivity index (χ4v) is 3.69. The quantitative estimate of drug-likeness (QED) is 0.618. The third-order valence-corrected chi connectivity index (χ3v) is 4.95. The van der Waals surface area contributed by atoms with Crippen LogP contribution in [0, 0.1) is 0 Å². The molecule has 1 N–H and O–H groups in total. The minimum atomic E-state index is 0.394. The van der Waals surface area contributed by atoms with Gasteiger partial charge in [-0.2, -0.15) is 14.6 Å². The maximum Gasteiger partial charge on any atom is 0.254 e. The molecule has 1 aliphatic heterocycles. The predicted octanol–water partition coefficient (Wildman–Crippen LogP) is 2.90. The van der Waals surface area contributed by atoms with E-state index in [1.807, 2.05) is 35.1 Å². The van der Waals surface area contributed by atoms with Crippen LogP contribution in [0.4, 0.5) is 5.82 Å². The molecule has 0 unspecified atom stereocenters. The minimum absolute atomic E-state index is 0.394. The van der Waals surface area contributed by atoms with E-state index < -0.39 is 0 Å². The summed E-state index contributed by atoms with van der Waals surface area (Å²) in [6, 6.07) is 12.3. The van der Waals surface area contributed by atoms with E-state index in [9.17, 15) is 0 Å². The number of hydrogen-bond acceptors (Lipinski definition) is 5. The molecule has 1 aromatic carbocycles. The molecule has 0 saturated carbocycles. The van der Waals surface area contributed by atoms with Crippen LogP contribution in [0.15, 0.2) is 55.1 Å². The normalized spacial score (nSPS) is 17.7. The Morgan fingerprint density at radius 2 is 2.04 bits per heavy atom. The molecule has 130 valence electrons. The highest BCUT2D eigenvalue weighted by atomic mass is 15.4. The largest absolute Gasteiger partial charge is 0.356 e. The van der Waals surface area contributed by atoms with Crippen molar-refractivity contribution in [2.45, 2.75) is 18.8 Å². The second-order valence-corrected chi connectivity index (χ2v) is 6.60. The highest BCUT2D eigenvalue weighted by Crippen LogP contribution is 2.30. The van der Waals surface area contributed by atoms with Gasteiger partial charge in [0.1, 0.15) is 18.0 Å². The number of rotatable bonds is 3. The molecule has 0 amide bonds. The molecule has 0 bridgehead atoms. The molecular formula is C19H19N7. The third kappa shape index (κ3) is 2.61. The second-order valence-electron chi connectivity index (χ2n) is 6.60. The highest BCUT2D eigenvalue weighted by molar-refractivity contribution is 5.65. The van der Waals surface area contributed by atoms with Crippen molar-refractivity contribution in [1.29, 1.82) is 0 Å². The van der Waals surface area contributed by atoms with Gasteiger partial charge in [-0.05, 0) is 12.8 Å². The lowest BCUT2D eigenvalue weighted by atomic mass is 9.97. The van der Waals surface area contributed by atoms with Crippen LogP contribution in [0.3, 0.4) is 0 Å². The molecule has 26 heavy (non-hydrogen) atoms. The number of nitrogens with one attached hydrogen (secondary N) is 1. The summed E-state index contributed by atoms with van der Waals surface area (Å²) < 4.78 is 1.83. The van der Waals surface area contributed by atoms with E-state index in [1.165, 1.54) is 0 Å². The van der Waals surface area contributed by atoms with Gasteiger partial charge in [0.2, 0.25) is 0 Å². The molecule has 1 aliphatic rings. The topological polar surface area (TPSA) is 75.0 Å². The zero-order valence-corrected chi connectivity index (χ0v) is 14.3. The zero-order valence-electron chi connectivity index (χ0n) is 14.3. The van der Waals surface area contributed by atoms with Gasteiger partial charge in [-0.25, -0.2) is 9.97 Å². The van der Waals surface area contributed by atoms with Gasteiger partial charge < -0.3 is 9.88 Å². The van der Waals surface area contributed by atoms with Crippen molar-refractivity contribution in [2.24, 2.45) is 0 Å². The van der Waals surface area contributed by atoms with E-state index >= 15 is 0 Å². The Morgan fingerprint density at radius 3 is 2.88 bits per heavy atom. The Labute approximate surface area is 150 Å². The van der Waals surface area contributed by atoms with Crippen molar-refractivity contribution in [1.82, 2.24) is 29.5 Å². The smallest absolute Gasteiger partial charge is 0.254 e. The van der Waals surface area contributed by atoms with E-state index in [-0.39, 0.29) is 0 Å². The number of benzene rings is 1. The van der Waals surface area contributed by atoms with Gasteiger partial charge in [0, 0.05) is 43.0 Å². The number of aromatic amines is 1. The first-order chi connectivity index (χ1) is 12.9. The maximum atomic E-state index is 4.67. The Bertz CT molecular complexity index is 1010. The predicted molar refractivity (Wildman–Crippen MR) is 99.0 cm³/mol. The number of H-pyrrole nitrogens is 1. The fourth-order valence-electron chi connectivity index (χ4n) is 3.69. The lowest BCUT2D eigenvalue weighted by molar-refractivity contribution is 0.489. The van der Waals surface area contributed by atoms with E-state index in [0.717, 1.165) is 48.8 Å². The van der Waals surface area contributed by atoms with Crippen molar-refractivity contribution in [3.63, 3.8) is 0 Å². The van der Waals surface area contributed by atoms with Crippen LogP contribution in [0.2, 0.25) is 0 Å². The molecule has 4 aromatic rings. The molecule has 4 heterocycles. The van der Waals surface area contributed by atoms with Crippen LogP contribution in [0.25, 0.3) is 17.0 Å². The van der Waals surface area contributed by atoms with Crippen molar-refractivity contribution in [2.75, 3.05) is 18.0 Å². The average molecular weight is 345 g/mol. The summed E-state index contributed by atoms with van der Waals surface area (Å²) >= 11 is 0. The molecule has 5 rings (SSSR count). The Balaban J connectivity index is 1.56. The monoisotopic (exact) mass is 345 g/mol. The van der Waals surface area contributed by atoms with E-state index in [0.29, 0.717) is 11.7 Å². The van der Waals surface area contributed by atoms with Crippen molar-refractivity contribution in [3.8, 4) is 11.3 Å². The van der Waals surface area contributed by atoms with E-state index in [4.69, 9.17) is 0 Å². The summed E-state index contributed by atoms with van der Waals surface area (Å²) in [5.74, 6) is 3.11. The molecule has 1 fully saturated rings.